The van der Waals surface area contributed by atoms with Crippen LogP contribution in [0.25, 0.3) is 0 Å². The Morgan fingerprint density at radius 3 is 2.89 bits per heavy atom. The van der Waals surface area contributed by atoms with E-state index in [-0.39, 0.29) is 12.4 Å². The molecule has 0 amide bonds. The van der Waals surface area contributed by atoms with Gasteiger partial charge in [-0.05, 0) is 29.8 Å². The van der Waals surface area contributed by atoms with E-state index in [4.69, 9.17) is 31.7 Å². The van der Waals surface area contributed by atoms with Crippen molar-refractivity contribution in [1.29, 1.82) is 0 Å². The van der Waals surface area contributed by atoms with E-state index in [1.807, 2.05) is 12.1 Å². The molecule has 7 nitrogen and oxygen atoms in total. The molecule has 3 aromatic rings. The molecule has 0 bridgehead atoms. The highest BCUT2D eigenvalue weighted by molar-refractivity contribution is 7.98. The lowest BCUT2D eigenvalue weighted by Gasteiger charge is -2.20. The van der Waals surface area contributed by atoms with Gasteiger partial charge >= 0.3 is 0 Å². The molecule has 0 spiro atoms. The Kier molecular flexibility index (Phi) is 5.45. The molecular weight excluding hydrogens is 407 g/mol. The Bertz CT molecular complexity index is 1000. The van der Waals surface area contributed by atoms with Gasteiger partial charge in [-0.3, -0.25) is 0 Å². The third-order valence-corrected chi connectivity index (χ3v) is 5.25. The molecule has 0 unspecified atom stereocenters. The van der Waals surface area contributed by atoms with Crippen molar-refractivity contribution in [3.05, 3.63) is 58.6 Å². The minimum absolute atomic E-state index is 0.000839. The Hall–Kier alpha value is -2.65. The highest BCUT2D eigenvalue weighted by atomic mass is 35.5. The molecule has 0 fully saturated rings. The number of aromatic nitrogens is 3. The van der Waals surface area contributed by atoms with E-state index < -0.39 is 5.82 Å². The summed E-state index contributed by atoms with van der Waals surface area (Å²) in [5.41, 5.74) is 0.936. The molecule has 0 aliphatic carbocycles. The minimum atomic E-state index is -0.448. The van der Waals surface area contributed by atoms with Crippen molar-refractivity contribution in [3.8, 4) is 17.2 Å². The van der Waals surface area contributed by atoms with Crippen LogP contribution in [0.5, 0.6) is 17.2 Å². The van der Waals surface area contributed by atoms with Crippen LogP contribution in [-0.2, 0) is 12.4 Å². The van der Waals surface area contributed by atoms with Crippen molar-refractivity contribution in [2.45, 2.75) is 17.5 Å². The van der Waals surface area contributed by atoms with Crippen LogP contribution in [0, 0.1) is 5.82 Å². The molecule has 1 aliphatic rings. The summed E-state index contributed by atoms with van der Waals surface area (Å²) in [6.07, 6.45) is 0. The molecule has 4 rings (SSSR count). The third-order valence-electron chi connectivity index (χ3n) is 3.95. The molecular formula is C18H16ClFN4O3S. The first-order valence-electron chi connectivity index (χ1n) is 8.39. The monoisotopic (exact) mass is 422 g/mol. The van der Waals surface area contributed by atoms with Crippen LogP contribution in [0.1, 0.15) is 11.4 Å². The van der Waals surface area contributed by atoms with E-state index in [2.05, 4.69) is 10.2 Å². The van der Waals surface area contributed by atoms with Crippen LogP contribution in [0.3, 0.4) is 0 Å². The second-order valence-corrected chi connectivity index (χ2v) is 7.23. The van der Waals surface area contributed by atoms with Gasteiger partial charge in [0.25, 0.3) is 0 Å². The van der Waals surface area contributed by atoms with E-state index in [0.29, 0.717) is 46.5 Å². The van der Waals surface area contributed by atoms with Gasteiger partial charge < -0.3 is 20.1 Å². The van der Waals surface area contributed by atoms with Crippen LogP contribution >= 0.6 is 23.4 Å². The van der Waals surface area contributed by atoms with Gasteiger partial charge in [-0.15, -0.1) is 10.2 Å². The van der Waals surface area contributed by atoms with Crippen LogP contribution < -0.4 is 20.1 Å². The first-order valence-corrected chi connectivity index (χ1v) is 9.75. The maximum Gasteiger partial charge on any atom is 0.210 e. The number of hydrogen-bond donors (Lipinski definition) is 1. The molecule has 2 heterocycles. The molecule has 0 saturated heterocycles. The lowest BCUT2D eigenvalue weighted by Crippen LogP contribution is -2.16. The van der Waals surface area contributed by atoms with Crippen LogP contribution in [-0.4, -0.2) is 28.1 Å². The smallest absolute Gasteiger partial charge is 0.210 e. The molecule has 0 radical (unpaired) electrons. The summed E-state index contributed by atoms with van der Waals surface area (Å²) < 4.78 is 31.5. The number of hydrogen-bond acceptors (Lipinski definition) is 7. The normalized spacial score (nSPS) is 12.8. The van der Waals surface area contributed by atoms with Crippen molar-refractivity contribution < 1.29 is 18.6 Å². The topological polar surface area (TPSA) is 84.4 Å². The summed E-state index contributed by atoms with van der Waals surface area (Å²) in [5.74, 6) is 7.85. The van der Waals surface area contributed by atoms with Crippen LogP contribution in [0.15, 0.2) is 41.6 Å². The summed E-state index contributed by atoms with van der Waals surface area (Å²) in [6, 6.07) is 9.84. The molecule has 146 valence electrons. The summed E-state index contributed by atoms with van der Waals surface area (Å²) in [5, 5.41) is 9.07. The molecule has 2 aromatic carbocycles. The van der Waals surface area contributed by atoms with E-state index in [1.54, 1.807) is 12.1 Å². The lowest BCUT2D eigenvalue weighted by atomic mass is 10.2. The predicted octanol–water partition coefficient (Wildman–Crippen LogP) is 3.43. The maximum absolute atomic E-state index is 13.6. The van der Waals surface area contributed by atoms with Gasteiger partial charge in [-0.25, -0.2) is 9.07 Å². The number of ether oxygens (including phenoxy) is 3. The fourth-order valence-electron chi connectivity index (χ4n) is 2.60. The molecule has 0 atom stereocenters. The number of fused-ring (bicyclic) bond motifs is 1. The summed E-state index contributed by atoms with van der Waals surface area (Å²) >= 11 is 7.64. The van der Waals surface area contributed by atoms with E-state index in [1.165, 1.54) is 28.6 Å². The van der Waals surface area contributed by atoms with Crippen molar-refractivity contribution in [3.63, 3.8) is 0 Å². The summed E-state index contributed by atoms with van der Waals surface area (Å²) in [7, 11) is 0. The first-order chi connectivity index (χ1) is 13.6. The van der Waals surface area contributed by atoms with Gasteiger partial charge in [0.2, 0.25) is 5.16 Å². The average molecular weight is 423 g/mol. The minimum Gasteiger partial charge on any atom is -0.486 e. The molecule has 1 aliphatic heterocycles. The SMILES string of the molecule is Nn1c(COc2ccccc2F)nnc1SCc1cc(Cl)c2c(c1)OCCO2. The number of nitrogen functional groups attached to an aromatic ring is 1. The van der Waals surface area contributed by atoms with Gasteiger partial charge in [0.15, 0.2) is 28.9 Å². The molecule has 0 saturated carbocycles. The van der Waals surface area contributed by atoms with Crippen molar-refractivity contribution in [1.82, 2.24) is 14.9 Å². The summed E-state index contributed by atoms with van der Waals surface area (Å²) in [6.45, 7) is 0.970. The number of para-hydroxylation sites is 1. The predicted molar refractivity (Wildman–Crippen MR) is 103 cm³/mol. The number of rotatable bonds is 6. The molecule has 10 heteroatoms. The highest BCUT2D eigenvalue weighted by Gasteiger charge is 2.18. The Morgan fingerprint density at radius 1 is 1.21 bits per heavy atom. The number of nitrogens with zero attached hydrogens (tertiary/aromatic N) is 3. The summed E-state index contributed by atoms with van der Waals surface area (Å²) in [4.78, 5) is 0. The maximum atomic E-state index is 13.6. The molecule has 1 aromatic heterocycles. The van der Waals surface area contributed by atoms with Gasteiger partial charge in [0.05, 0.1) is 5.02 Å². The van der Waals surface area contributed by atoms with E-state index >= 15 is 0 Å². The van der Waals surface area contributed by atoms with Crippen molar-refractivity contribution in [2.24, 2.45) is 0 Å². The quantitative estimate of drug-likeness (QED) is 0.481. The Morgan fingerprint density at radius 2 is 2.04 bits per heavy atom. The largest absolute Gasteiger partial charge is 0.486 e. The zero-order valence-electron chi connectivity index (χ0n) is 14.6. The zero-order valence-corrected chi connectivity index (χ0v) is 16.2. The van der Waals surface area contributed by atoms with Crippen LogP contribution in [0.4, 0.5) is 4.39 Å². The van der Waals surface area contributed by atoms with Gasteiger partial charge in [-0.1, -0.05) is 35.5 Å². The second-order valence-electron chi connectivity index (χ2n) is 5.88. The fourth-order valence-corrected chi connectivity index (χ4v) is 3.70. The van der Waals surface area contributed by atoms with Crippen LogP contribution in [0.2, 0.25) is 5.02 Å². The highest BCUT2D eigenvalue weighted by Crippen LogP contribution is 2.39. The standard InChI is InChI=1S/C18H16ClFN4O3S/c19-12-7-11(8-15-17(12)26-6-5-25-15)10-28-18-23-22-16(24(18)21)9-27-14-4-2-1-3-13(14)20/h1-4,7-8H,5-6,9-10,21H2. The van der Waals surface area contributed by atoms with Gasteiger partial charge in [-0.2, -0.15) is 0 Å². The number of nitrogens with two attached hydrogens (primary N) is 1. The zero-order chi connectivity index (χ0) is 19.5. The lowest BCUT2D eigenvalue weighted by molar-refractivity contribution is 0.171. The fraction of sp³-hybridized carbons (Fsp3) is 0.222. The number of thioether (sulfide) groups is 1. The van der Waals surface area contributed by atoms with Crippen molar-refractivity contribution >= 4 is 23.4 Å². The first kappa shape index (κ1) is 18.7. The third kappa shape index (κ3) is 3.95. The number of benzene rings is 2. The Labute approximate surface area is 169 Å². The average Bonchev–Trinajstić information content (AvgIpc) is 3.05. The van der Waals surface area contributed by atoms with E-state index in [0.717, 1.165) is 5.56 Å². The van der Waals surface area contributed by atoms with Crippen molar-refractivity contribution in [2.75, 3.05) is 19.1 Å². The van der Waals surface area contributed by atoms with Gasteiger partial charge in [0, 0.05) is 5.75 Å². The van der Waals surface area contributed by atoms with E-state index in [9.17, 15) is 4.39 Å². The molecule has 28 heavy (non-hydrogen) atoms. The second kappa shape index (κ2) is 8.15. The van der Waals surface area contributed by atoms with Gasteiger partial charge in [0.1, 0.15) is 19.8 Å². The Balaban J connectivity index is 1.41. The molecule has 2 N–H and O–H groups in total. The number of halogens is 2.